The summed E-state index contributed by atoms with van der Waals surface area (Å²) in [6.07, 6.45) is 5.77. The second-order valence-corrected chi connectivity index (χ2v) is 8.28. The topological polar surface area (TPSA) is 114 Å². The van der Waals surface area contributed by atoms with Crippen molar-refractivity contribution in [3.8, 4) is 5.75 Å². The molecule has 0 radical (unpaired) electrons. The molecule has 3 aliphatic heterocycles. The van der Waals surface area contributed by atoms with E-state index < -0.39 is 16.6 Å². The first-order chi connectivity index (χ1) is 13.7. The van der Waals surface area contributed by atoms with Gasteiger partial charge in [0.2, 0.25) is 15.9 Å². The largest absolute Gasteiger partial charge is 0.726 e. The molecular weight excluding hydrogens is 396 g/mol. The van der Waals surface area contributed by atoms with Crippen molar-refractivity contribution in [1.82, 2.24) is 4.90 Å². The highest BCUT2D eigenvalue weighted by atomic mass is 32.3. The molecule has 0 spiro atoms. The lowest BCUT2D eigenvalue weighted by atomic mass is 9.75. The van der Waals surface area contributed by atoms with Crippen LogP contribution in [0.1, 0.15) is 19.1 Å². The molecule has 29 heavy (non-hydrogen) atoms. The number of fused-ring (bicyclic) bond motifs is 4. The summed E-state index contributed by atoms with van der Waals surface area (Å²) >= 11 is 0. The number of benzene rings is 1. The van der Waals surface area contributed by atoms with Gasteiger partial charge >= 0.3 is 0 Å². The monoisotopic (exact) mass is 422 g/mol. The average Bonchev–Trinajstić information content (AvgIpc) is 2.71. The molecule has 3 saturated heterocycles. The van der Waals surface area contributed by atoms with Crippen molar-refractivity contribution in [3.63, 3.8) is 0 Å². The van der Waals surface area contributed by atoms with Crippen LogP contribution in [0, 0.1) is 11.8 Å². The van der Waals surface area contributed by atoms with Crippen LogP contribution in [0.15, 0.2) is 49.2 Å². The Morgan fingerprint density at radius 2 is 2.14 bits per heavy atom. The molecule has 0 amide bonds. The molecule has 1 aromatic heterocycles. The zero-order valence-corrected chi connectivity index (χ0v) is 17.0. The van der Waals surface area contributed by atoms with E-state index in [4.69, 9.17) is 22.3 Å². The predicted octanol–water partition coefficient (Wildman–Crippen LogP) is 1.53. The van der Waals surface area contributed by atoms with Crippen LogP contribution in [0.4, 0.5) is 0 Å². The number of methoxy groups -OCH3 is 1. The fourth-order valence-electron chi connectivity index (χ4n) is 4.44. The average molecular weight is 423 g/mol. The molecule has 0 saturated carbocycles. The molecule has 4 unspecified atom stereocenters. The van der Waals surface area contributed by atoms with Crippen molar-refractivity contribution in [1.29, 1.82) is 0 Å². The number of rotatable bonds is 4. The molecule has 158 valence electrons. The lowest BCUT2D eigenvalue weighted by Gasteiger charge is -2.48. The summed E-state index contributed by atoms with van der Waals surface area (Å²) in [5, 5.41) is 12.3. The molecule has 3 aliphatic rings. The quantitative estimate of drug-likeness (QED) is 0.332. The summed E-state index contributed by atoms with van der Waals surface area (Å²) in [6, 6.07) is 10.2. The standard InChI is InChI=1S/C20H25N2O2.H2O4S/c1-3-14-13-21-10-8-16(14)11-19(21)20(23)22-9-4-5-15-6-7-17(24-2)12-18(15)22;1-5(2,3)4/h3-7,9,12,14,16,19-20,23H,1,8,10-11,13H2,2H3;(H2,1,2,3,4)/q+1;/p-1/t14?,16?,19?,20-;/m1./s1. The van der Waals surface area contributed by atoms with Gasteiger partial charge in [-0.15, -0.1) is 6.58 Å². The molecule has 4 heterocycles. The van der Waals surface area contributed by atoms with Gasteiger partial charge in [-0.25, -0.2) is 8.42 Å². The van der Waals surface area contributed by atoms with Gasteiger partial charge in [0.15, 0.2) is 6.20 Å². The Bertz CT molecular complexity index is 972. The molecule has 5 rings (SSSR count). The first-order valence-electron chi connectivity index (χ1n) is 9.42. The smallest absolute Gasteiger partial charge is 0.276 e. The van der Waals surface area contributed by atoms with E-state index in [0.29, 0.717) is 11.8 Å². The van der Waals surface area contributed by atoms with Crippen LogP contribution in [0.3, 0.4) is 0 Å². The Hall–Kier alpha value is -2.04. The van der Waals surface area contributed by atoms with Crippen molar-refractivity contribution in [2.45, 2.75) is 25.1 Å². The summed E-state index contributed by atoms with van der Waals surface area (Å²) in [7, 11) is -3.24. The van der Waals surface area contributed by atoms with Crippen molar-refractivity contribution < 1.29 is 31.9 Å². The molecule has 9 heteroatoms. The third-order valence-electron chi connectivity index (χ3n) is 5.82. The summed E-state index contributed by atoms with van der Waals surface area (Å²) in [6.45, 7) is 6.08. The maximum Gasteiger partial charge on any atom is 0.276 e. The summed E-state index contributed by atoms with van der Waals surface area (Å²) < 4.78 is 40.2. The third-order valence-corrected chi connectivity index (χ3v) is 5.82. The minimum atomic E-state index is -4.92. The van der Waals surface area contributed by atoms with Gasteiger partial charge in [-0.05, 0) is 49.4 Å². The van der Waals surface area contributed by atoms with Gasteiger partial charge in [-0.1, -0.05) is 6.08 Å². The summed E-state index contributed by atoms with van der Waals surface area (Å²) in [5.74, 6) is 2.03. The minimum Gasteiger partial charge on any atom is -0.726 e. The lowest BCUT2D eigenvalue weighted by molar-refractivity contribution is -0.744. The van der Waals surface area contributed by atoms with E-state index >= 15 is 0 Å². The van der Waals surface area contributed by atoms with Crippen molar-refractivity contribution in [2.24, 2.45) is 11.8 Å². The summed E-state index contributed by atoms with van der Waals surface area (Å²) in [4.78, 5) is 2.43. The van der Waals surface area contributed by atoms with Crippen molar-refractivity contribution in [3.05, 3.63) is 49.2 Å². The highest BCUT2D eigenvalue weighted by Crippen LogP contribution is 2.39. The van der Waals surface area contributed by atoms with Gasteiger partial charge in [-0.2, -0.15) is 4.57 Å². The Morgan fingerprint density at radius 1 is 1.41 bits per heavy atom. The molecule has 0 aliphatic carbocycles. The number of aromatic nitrogens is 1. The van der Waals surface area contributed by atoms with Crippen LogP contribution < -0.4 is 9.30 Å². The number of ether oxygens (including phenoxy) is 1. The molecule has 5 atom stereocenters. The van der Waals surface area contributed by atoms with Gasteiger partial charge in [0, 0.05) is 18.0 Å². The Labute approximate surface area is 170 Å². The Morgan fingerprint density at radius 3 is 2.72 bits per heavy atom. The number of piperidine rings is 3. The number of hydrogen-bond donors (Lipinski definition) is 2. The SMILES string of the molecule is C=CC1CN2CCC1CC2[C@@H](O)[n+]1cccc2ccc(OC)cc21.O=S(=O)([O-])O. The maximum atomic E-state index is 11.1. The number of hydrogen-bond acceptors (Lipinski definition) is 6. The molecule has 3 fully saturated rings. The van der Waals surface area contributed by atoms with E-state index in [-0.39, 0.29) is 6.04 Å². The number of pyridine rings is 1. The van der Waals surface area contributed by atoms with Gasteiger partial charge in [0.25, 0.3) is 6.23 Å². The molecule has 2 bridgehead atoms. The molecule has 2 N–H and O–H groups in total. The normalized spacial score (nSPS) is 27.0. The molecule has 8 nitrogen and oxygen atoms in total. The first-order valence-corrected chi connectivity index (χ1v) is 10.8. The molecule has 1 aromatic carbocycles. The number of nitrogens with zero attached hydrogens (tertiary/aromatic N) is 2. The van der Waals surface area contributed by atoms with Gasteiger partial charge in [0.05, 0.1) is 19.2 Å². The third kappa shape index (κ3) is 5.12. The first kappa shape index (κ1) is 21.7. The van der Waals surface area contributed by atoms with Crippen molar-refractivity contribution >= 4 is 21.3 Å². The van der Waals surface area contributed by atoms with E-state index in [1.807, 2.05) is 35.0 Å². The zero-order chi connectivity index (χ0) is 21.2. The maximum absolute atomic E-state index is 11.1. The Kier molecular flexibility index (Phi) is 6.55. The van der Waals surface area contributed by atoms with Gasteiger partial charge < -0.3 is 14.4 Å². The van der Waals surface area contributed by atoms with Crippen LogP contribution in [-0.4, -0.2) is 53.8 Å². The van der Waals surface area contributed by atoms with Gasteiger partial charge in [0.1, 0.15) is 5.75 Å². The highest BCUT2D eigenvalue weighted by molar-refractivity contribution is 7.79. The second-order valence-electron chi connectivity index (χ2n) is 7.43. The summed E-state index contributed by atoms with van der Waals surface area (Å²) in [5.41, 5.74) is 1.01. The van der Waals surface area contributed by atoms with Crippen LogP contribution in [-0.2, 0) is 10.4 Å². The van der Waals surface area contributed by atoms with Crippen molar-refractivity contribution in [2.75, 3.05) is 20.2 Å². The Balaban J connectivity index is 0.000000431. The van der Waals surface area contributed by atoms with Crippen LogP contribution >= 0.6 is 0 Å². The molecular formula is C20H26N2O6S. The van der Waals surface area contributed by atoms with E-state index in [1.165, 1.54) is 6.42 Å². The fourth-order valence-corrected chi connectivity index (χ4v) is 4.44. The van der Waals surface area contributed by atoms with Crippen LogP contribution in [0.2, 0.25) is 0 Å². The second kappa shape index (κ2) is 8.76. The minimum absolute atomic E-state index is 0.168. The predicted molar refractivity (Wildman–Crippen MR) is 106 cm³/mol. The number of aliphatic hydroxyl groups excluding tert-OH is 1. The van der Waals surface area contributed by atoms with Crippen LogP contribution in [0.5, 0.6) is 5.75 Å². The lowest BCUT2D eigenvalue weighted by Crippen LogP contribution is -2.60. The van der Waals surface area contributed by atoms with E-state index in [9.17, 15) is 5.11 Å². The highest BCUT2D eigenvalue weighted by Gasteiger charge is 2.45. The van der Waals surface area contributed by atoms with E-state index in [0.717, 1.165) is 36.2 Å². The number of aliphatic hydroxyl groups is 1. The van der Waals surface area contributed by atoms with E-state index in [2.05, 4.69) is 23.6 Å². The zero-order valence-electron chi connectivity index (χ0n) is 16.2. The van der Waals surface area contributed by atoms with Gasteiger partial charge in [-0.3, -0.25) is 9.45 Å². The van der Waals surface area contributed by atoms with Crippen LogP contribution in [0.25, 0.3) is 10.9 Å². The molecule has 2 aromatic rings. The van der Waals surface area contributed by atoms with E-state index in [1.54, 1.807) is 7.11 Å². The fraction of sp³-hybridized carbons (Fsp3) is 0.450.